The molecule has 0 aliphatic rings. The average molecular weight is 250 g/mol. The van der Waals surface area contributed by atoms with Gasteiger partial charge in [0.05, 0.1) is 19.2 Å². The lowest BCUT2D eigenvalue weighted by Crippen LogP contribution is -2.15. The molecule has 0 aliphatic heterocycles. The molecule has 1 aromatic carbocycles. The molecule has 1 aromatic heterocycles. The number of hydrogen-bond donors (Lipinski definition) is 0. The van der Waals surface area contributed by atoms with Gasteiger partial charge in [-0.1, -0.05) is 23.5 Å². The molecule has 0 aliphatic carbocycles. The highest BCUT2D eigenvalue weighted by molar-refractivity contribution is 7.06. The van der Waals surface area contributed by atoms with Crippen molar-refractivity contribution in [3.8, 4) is 0 Å². The van der Waals surface area contributed by atoms with Crippen molar-refractivity contribution in [3.05, 3.63) is 50.6 Å². The average Bonchev–Trinajstić information content (AvgIpc) is 2.75. The predicted molar refractivity (Wildman–Crippen MR) is 63.3 cm³/mol. The van der Waals surface area contributed by atoms with Crippen LogP contribution in [-0.4, -0.2) is 22.9 Å². The Balaban J connectivity index is 2.16. The summed E-state index contributed by atoms with van der Waals surface area (Å²) in [6.07, 6.45) is 0. The molecule has 0 saturated carbocycles. The third-order valence-corrected chi connectivity index (χ3v) is 2.87. The number of esters is 1. The second kappa shape index (κ2) is 4.92. The Morgan fingerprint density at radius 3 is 2.65 bits per heavy atom. The molecule has 0 atom stereocenters. The van der Waals surface area contributed by atoms with Gasteiger partial charge >= 0.3 is 10.8 Å². The van der Waals surface area contributed by atoms with Crippen LogP contribution in [0.4, 0.5) is 0 Å². The molecule has 0 amide bonds. The second-order valence-electron chi connectivity index (χ2n) is 3.35. The number of carbonyl (C=O) groups is 1. The van der Waals surface area contributed by atoms with Crippen molar-refractivity contribution < 1.29 is 9.53 Å². The molecule has 1 heterocycles. The Labute approximate surface area is 101 Å². The monoisotopic (exact) mass is 250 g/mol. The zero-order valence-electron chi connectivity index (χ0n) is 9.12. The van der Waals surface area contributed by atoms with E-state index >= 15 is 0 Å². The fourth-order valence-electron chi connectivity index (χ4n) is 1.38. The van der Waals surface area contributed by atoms with Crippen molar-refractivity contribution in [3.63, 3.8) is 0 Å². The van der Waals surface area contributed by atoms with E-state index in [1.165, 1.54) is 17.3 Å². The number of aromatic nitrogens is 2. The van der Waals surface area contributed by atoms with Crippen LogP contribution in [0.25, 0.3) is 0 Å². The molecule has 5 nitrogen and oxygen atoms in total. The molecule has 0 N–H and O–H groups in total. The van der Waals surface area contributed by atoms with Crippen molar-refractivity contribution in [2.75, 3.05) is 7.11 Å². The zero-order valence-corrected chi connectivity index (χ0v) is 9.94. The normalized spacial score (nSPS) is 10.2. The summed E-state index contributed by atoms with van der Waals surface area (Å²) in [7, 11) is 1.34. The molecule has 0 spiro atoms. The molecule has 2 rings (SSSR count). The Morgan fingerprint density at radius 1 is 1.41 bits per heavy atom. The van der Waals surface area contributed by atoms with E-state index in [9.17, 15) is 9.59 Å². The predicted octanol–water partition coefficient (Wildman–Crippen LogP) is 1.14. The number of hydrogen-bond acceptors (Lipinski definition) is 5. The van der Waals surface area contributed by atoms with E-state index in [-0.39, 0.29) is 10.8 Å². The maximum absolute atomic E-state index is 11.3. The van der Waals surface area contributed by atoms with Crippen LogP contribution in [0.15, 0.2) is 34.6 Å². The third kappa shape index (κ3) is 2.59. The summed E-state index contributed by atoms with van der Waals surface area (Å²) in [5.41, 5.74) is 2.90. The zero-order chi connectivity index (χ0) is 12.3. The first-order valence-electron chi connectivity index (χ1n) is 4.88. The molecule has 2 aromatic rings. The van der Waals surface area contributed by atoms with Gasteiger partial charge in [0.2, 0.25) is 0 Å². The Bertz CT molecular complexity index is 571. The summed E-state index contributed by atoms with van der Waals surface area (Å²) < 4.78 is 5.97. The molecule has 0 fully saturated rings. The maximum atomic E-state index is 11.3. The number of benzene rings is 1. The van der Waals surface area contributed by atoms with Crippen LogP contribution in [0.2, 0.25) is 0 Å². The van der Waals surface area contributed by atoms with Gasteiger partial charge in [-0.25, -0.2) is 9.48 Å². The van der Waals surface area contributed by atoms with Crippen LogP contribution in [0.3, 0.4) is 0 Å². The minimum absolute atomic E-state index is 0.0953. The molecule has 6 heteroatoms. The summed E-state index contributed by atoms with van der Waals surface area (Å²) in [5, 5.41) is 3.92. The Hall–Kier alpha value is -1.95. The molecule has 0 radical (unpaired) electrons. The third-order valence-electron chi connectivity index (χ3n) is 2.26. The van der Waals surface area contributed by atoms with Crippen molar-refractivity contribution >= 4 is 17.3 Å². The van der Waals surface area contributed by atoms with Gasteiger partial charge in [-0.15, -0.1) is 0 Å². The van der Waals surface area contributed by atoms with E-state index in [0.29, 0.717) is 12.1 Å². The fraction of sp³-hybridized carbons (Fsp3) is 0.182. The van der Waals surface area contributed by atoms with Gasteiger partial charge in [0.15, 0.2) is 0 Å². The number of ether oxygens (including phenoxy) is 1. The van der Waals surface area contributed by atoms with Crippen LogP contribution in [0, 0.1) is 0 Å². The van der Waals surface area contributed by atoms with Crippen molar-refractivity contribution in [1.82, 2.24) is 9.78 Å². The molecule has 0 saturated heterocycles. The Kier molecular flexibility index (Phi) is 3.34. The minimum atomic E-state index is -0.373. The van der Waals surface area contributed by atoms with E-state index in [0.717, 1.165) is 16.9 Å². The van der Waals surface area contributed by atoms with Crippen molar-refractivity contribution in [1.29, 1.82) is 0 Å². The van der Waals surface area contributed by atoms with Crippen molar-refractivity contribution in [2.24, 2.45) is 0 Å². The van der Waals surface area contributed by atoms with E-state index in [2.05, 4.69) is 9.84 Å². The summed E-state index contributed by atoms with van der Waals surface area (Å²) in [6.45, 7) is 0.407. The fourth-order valence-corrected chi connectivity index (χ4v) is 1.86. The summed E-state index contributed by atoms with van der Waals surface area (Å²) in [5.74, 6) is -0.373. The SMILES string of the molecule is COC(=O)c1ccc(Cn2ncsc2=O)cc1. The van der Waals surface area contributed by atoms with Gasteiger partial charge in [-0.3, -0.25) is 4.79 Å². The highest BCUT2D eigenvalue weighted by Crippen LogP contribution is 2.06. The molecule has 0 bridgehead atoms. The number of nitrogens with zero attached hydrogens (tertiary/aromatic N) is 2. The molecular formula is C11H10N2O3S. The highest BCUT2D eigenvalue weighted by Gasteiger charge is 2.05. The van der Waals surface area contributed by atoms with E-state index < -0.39 is 0 Å². The van der Waals surface area contributed by atoms with Gasteiger partial charge < -0.3 is 4.74 Å². The summed E-state index contributed by atoms with van der Waals surface area (Å²) in [4.78, 5) is 22.4. The van der Waals surface area contributed by atoms with Gasteiger partial charge in [0.25, 0.3) is 0 Å². The van der Waals surface area contributed by atoms with Crippen LogP contribution >= 0.6 is 11.3 Å². The van der Waals surface area contributed by atoms with Crippen LogP contribution in [0.5, 0.6) is 0 Å². The Morgan fingerprint density at radius 2 is 2.12 bits per heavy atom. The number of methoxy groups -OCH3 is 1. The van der Waals surface area contributed by atoms with Gasteiger partial charge in [0.1, 0.15) is 5.51 Å². The quantitative estimate of drug-likeness (QED) is 0.766. The van der Waals surface area contributed by atoms with Gasteiger partial charge in [-0.05, 0) is 17.7 Å². The smallest absolute Gasteiger partial charge is 0.337 e. The van der Waals surface area contributed by atoms with Gasteiger partial charge in [-0.2, -0.15) is 5.10 Å². The molecule has 88 valence electrons. The minimum Gasteiger partial charge on any atom is -0.465 e. The first kappa shape index (κ1) is 11.5. The van der Waals surface area contributed by atoms with Crippen LogP contribution < -0.4 is 4.87 Å². The maximum Gasteiger partial charge on any atom is 0.337 e. The van der Waals surface area contributed by atoms with Crippen LogP contribution in [-0.2, 0) is 11.3 Å². The summed E-state index contributed by atoms with van der Waals surface area (Å²) >= 11 is 1.06. The highest BCUT2D eigenvalue weighted by atomic mass is 32.1. The lowest BCUT2D eigenvalue weighted by atomic mass is 10.1. The molecule has 0 unspecified atom stereocenters. The lowest BCUT2D eigenvalue weighted by molar-refractivity contribution is 0.0600. The second-order valence-corrected chi connectivity index (χ2v) is 4.15. The largest absolute Gasteiger partial charge is 0.465 e. The number of carbonyl (C=O) groups excluding carboxylic acids is 1. The first-order valence-corrected chi connectivity index (χ1v) is 5.76. The van der Waals surface area contributed by atoms with Crippen molar-refractivity contribution in [2.45, 2.75) is 6.54 Å². The standard InChI is InChI=1S/C11H10N2O3S/c1-16-10(14)9-4-2-8(3-5-9)6-13-11(15)17-7-12-13/h2-5,7H,6H2,1H3. The van der Waals surface area contributed by atoms with E-state index in [4.69, 9.17) is 0 Å². The van der Waals surface area contributed by atoms with Crippen LogP contribution in [0.1, 0.15) is 15.9 Å². The van der Waals surface area contributed by atoms with Gasteiger partial charge in [0, 0.05) is 0 Å². The molecule has 17 heavy (non-hydrogen) atoms. The first-order chi connectivity index (χ1) is 8.20. The lowest BCUT2D eigenvalue weighted by Gasteiger charge is -2.02. The van der Waals surface area contributed by atoms with E-state index in [1.807, 2.05) is 0 Å². The van der Waals surface area contributed by atoms with E-state index in [1.54, 1.807) is 24.3 Å². The number of rotatable bonds is 3. The molecular weight excluding hydrogens is 240 g/mol. The summed E-state index contributed by atoms with van der Waals surface area (Å²) in [6, 6.07) is 6.88. The topological polar surface area (TPSA) is 61.2 Å².